The summed E-state index contributed by atoms with van der Waals surface area (Å²) >= 11 is 2.86. The first-order chi connectivity index (χ1) is 7.70. The minimum absolute atomic E-state index is 0.543. The fourth-order valence-corrected chi connectivity index (χ4v) is 2.97. The molecule has 84 valence electrons. The van der Waals surface area contributed by atoms with E-state index in [-0.39, 0.29) is 0 Å². The van der Waals surface area contributed by atoms with Gasteiger partial charge in [-0.25, -0.2) is 15.0 Å². The van der Waals surface area contributed by atoms with E-state index in [1.165, 1.54) is 29.6 Å². The second-order valence-corrected chi connectivity index (χ2v) is 5.09. The van der Waals surface area contributed by atoms with E-state index in [2.05, 4.69) is 19.3 Å². The number of hydrogen-bond donors (Lipinski definition) is 1. The van der Waals surface area contributed by atoms with Crippen LogP contribution in [0.15, 0.2) is 15.7 Å². The van der Waals surface area contributed by atoms with E-state index < -0.39 is 0 Å². The number of nitrogens with two attached hydrogens (primary N) is 1. The maximum atomic E-state index is 5.79. The smallest absolute Gasteiger partial charge is 0.176 e. The minimum Gasteiger partial charge on any atom is -0.383 e. The van der Waals surface area contributed by atoms with Gasteiger partial charge in [0, 0.05) is 5.56 Å². The molecule has 16 heavy (non-hydrogen) atoms. The van der Waals surface area contributed by atoms with Crippen LogP contribution in [-0.2, 0) is 6.42 Å². The molecule has 5 nitrogen and oxygen atoms in total. The summed E-state index contributed by atoms with van der Waals surface area (Å²) in [6.07, 6.45) is 2.29. The van der Waals surface area contributed by atoms with Crippen molar-refractivity contribution in [3.8, 4) is 0 Å². The van der Waals surface area contributed by atoms with Gasteiger partial charge in [-0.05, 0) is 36.6 Å². The molecule has 0 aliphatic heterocycles. The molecule has 0 aromatic carbocycles. The number of rotatable bonds is 3. The van der Waals surface area contributed by atoms with E-state index in [1.54, 1.807) is 0 Å². The van der Waals surface area contributed by atoms with E-state index >= 15 is 0 Å². The molecule has 0 fully saturated rings. The van der Waals surface area contributed by atoms with Gasteiger partial charge in [0.1, 0.15) is 23.0 Å². The molecule has 2 heterocycles. The molecular weight excluding hydrogens is 242 g/mol. The fraction of sp³-hybridized carbons (Fsp3) is 0.333. The molecule has 2 N–H and O–H groups in total. The molecule has 0 aliphatic carbocycles. The maximum Gasteiger partial charge on any atom is 0.176 e. The van der Waals surface area contributed by atoms with Gasteiger partial charge in [0.25, 0.3) is 0 Å². The number of aryl methyl sites for hydroxylation is 1. The van der Waals surface area contributed by atoms with Crippen molar-refractivity contribution >= 4 is 29.1 Å². The highest BCUT2D eigenvalue weighted by Crippen LogP contribution is 2.31. The Bertz CT molecular complexity index is 496. The number of nitrogen functional groups attached to an aromatic ring is 1. The van der Waals surface area contributed by atoms with E-state index in [9.17, 15) is 0 Å². The molecule has 0 bridgehead atoms. The summed E-state index contributed by atoms with van der Waals surface area (Å²) < 4.78 is 5.01. The van der Waals surface area contributed by atoms with Crippen molar-refractivity contribution < 1.29 is 0 Å². The summed E-state index contributed by atoms with van der Waals surface area (Å²) in [6, 6.07) is 0. The zero-order chi connectivity index (χ0) is 11.5. The zero-order valence-corrected chi connectivity index (χ0v) is 10.6. The molecule has 0 saturated heterocycles. The van der Waals surface area contributed by atoms with E-state index in [0.717, 1.165) is 27.2 Å². The Kier molecular flexibility index (Phi) is 3.35. The number of nitrogens with zero attached hydrogens (tertiary/aromatic N) is 4. The average molecular weight is 253 g/mol. The lowest BCUT2D eigenvalue weighted by Gasteiger charge is -2.05. The van der Waals surface area contributed by atoms with E-state index in [0.29, 0.717) is 5.82 Å². The molecule has 2 rings (SSSR count). The first kappa shape index (κ1) is 11.3. The molecule has 0 aliphatic rings. The van der Waals surface area contributed by atoms with Crippen LogP contribution >= 0.6 is 23.3 Å². The van der Waals surface area contributed by atoms with Gasteiger partial charge in [0.05, 0.1) is 0 Å². The highest BCUT2D eigenvalue weighted by Gasteiger charge is 2.11. The van der Waals surface area contributed by atoms with Gasteiger partial charge in [-0.15, -0.1) is 0 Å². The van der Waals surface area contributed by atoms with Crippen LogP contribution in [0.4, 0.5) is 5.82 Å². The predicted molar refractivity (Wildman–Crippen MR) is 64.6 cm³/mol. The standard InChI is InChI=1S/C9H11N5S2/c1-3-6-7(10)11-4-12-8(6)15-9-13-5(2)14-16-9/h4H,3H2,1-2H3,(H2,10,11,12). The Morgan fingerprint density at radius 1 is 1.44 bits per heavy atom. The fourth-order valence-electron chi connectivity index (χ4n) is 1.23. The highest BCUT2D eigenvalue weighted by atomic mass is 32.2. The molecule has 7 heteroatoms. The van der Waals surface area contributed by atoms with Crippen LogP contribution in [0.1, 0.15) is 18.3 Å². The average Bonchev–Trinajstić information content (AvgIpc) is 2.64. The molecule has 0 spiro atoms. The molecule has 0 unspecified atom stereocenters. The van der Waals surface area contributed by atoms with Crippen LogP contribution in [0.2, 0.25) is 0 Å². The molecule has 0 radical (unpaired) electrons. The van der Waals surface area contributed by atoms with Crippen molar-refractivity contribution in [2.45, 2.75) is 29.6 Å². The van der Waals surface area contributed by atoms with Gasteiger partial charge >= 0.3 is 0 Å². The summed E-state index contributed by atoms with van der Waals surface area (Å²) in [7, 11) is 0. The predicted octanol–water partition coefficient (Wildman–Crippen LogP) is 1.93. The summed E-state index contributed by atoms with van der Waals surface area (Å²) in [5.41, 5.74) is 6.77. The van der Waals surface area contributed by atoms with Gasteiger partial charge in [0.15, 0.2) is 4.34 Å². The van der Waals surface area contributed by atoms with E-state index in [1.807, 2.05) is 13.8 Å². The van der Waals surface area contributed by atoms with Crippen molar-refractivity contribution in [2.24, 2.45) is 0 Å². The van der Waals surface area contributed by atoms with Crippen molar-refractivity contribution in [1.82, 2.24) is 19.3 Å². The SMILES string of the molecule is CCc1c(N)ncnc1Sc1nc(C)ns1. The zero-order valence-electron chi connectivity index (χ0n) is 8.97. The Morgan fingerprint density at radius 2 is 2.25 bits per heavy atom. The van der Waals surface area contributed by atoms with Crippen LogP contribution in [0.25, 0.3) is 0 Å². The van der Waals surface area contributed by atoms with Crippen LogP contribution in [0.5, 0.6) is 0 Å². The molecule has 0 saturated carbocycles. The third-order valence-corrected chi connectivity index (χ3v) is 3.87. The first-order valence-corrected chi connectivity index (χ1v) is 6.37. The normalized spacial score (nSPS) is 10.6. The summed E-state index contributed by atoms with van der Waals surface area (Å²) in [5.74, 6) is 1.33. The van der Waals surface area contributed by atoms with Crippen LogP contribution in [-0.4, -0.2) is 19.3 Å². The van der Waals surface area contributed by atoms with Crippen LogP contribution < -0.4 is 5.73 Å². The third-order valence-electron chi connectivity index (χ3n) is 1.99. The van der Waals surface area contributed by atoms with Gasteiger partial charge < -0.3 is 5.73 Å². The van der Waals surface area contributed by atoms with E-state index in [4.69, 9.17) is 5.73 Å². The molecule has 0 atom stereocenters. The Hall–Kier alpha value is -1.21. The molecular formula is C9H11N5S2. The van der Waals surface area contributed by atoms with Gasteiger partial charge in [-0.3, -0.25) is 0 Å². The van der Waals surface area contributed by atoms with Crippen molar-refractivity contribution in [2.75, 3.05) is 5.73 Å². The second kappa shape index (κ2) is 4.75. The summed E-state index contributed by atoms with van der Waals surface area (Å²) in [6.45, 7) is 3.90. The molecule has 2 aromatic rings. The molecule has 0 amide bonds. The second-order valence-electron chi connectivity index (χ2n) is 3.11. The monoisotopic (exact) mass is 253 g/mol. The van der Waals surface area contributed by atoms with Gasteiger partial charge in [-0.2, -0.15) is 4.37 Å². The Balaban J connectivity index is 2.30. The minimum atomic E-state index is 0.543. The molecule has 2 aromatic heterocycles. The largest absolute Gasteiger partial charge is 0.383 e. The lowest BCUT2D eigenvalue weighted by atomic mass is 10.2. The van der Waals surface area contributed by atoms with Crippen molar-refractivity contribution in [3.63, 3.8) is 0 Å². The highest BCUT2D eigenvalue weighted by molar-refractivity contribution is 8.00. The van der Waals surface area contributed by atoms with Gasteiger partial charge in [0.2, 0.25) is 0 Å². The number of anilines is 1. The van der Waals surface area contributed by atoms with Gasteiger partial charge in [-0.1, -0.05) is 6.92 Å². The Labute approximate surface area is 102 Å². The van der Waals surface area contributed by atoms with Crippen LogP contribution in [0, 0.1) is 6.92 Å². The third kappa shape index (κ3) is 2.30. The number of hydrogen-bond acceptors (Lipinski definition) is 7. The number of aromatic nitrogens is 4. The summed E-state index contributed by atoms with van der Waals surface area (Å²) in [4.78, 5) is 12.5. The maximum absolute atomic E-state index is 5.79. The first-order valence-electron chi connectivity index (χ1n) is 4.78. The quantitative estimate of drug-likeness (QED) is 0.842. The topological polar surface area (TPSA) is 77.6 Å². The van der Waals surface area contributed by atoms with Crippen molar-refractivity contribution in [1.29, 1.82) is 0 Å². The van der Waals surface area contributed by atoms with Crippen LogP contribution in [0.3, 0.4) is 0 Å². The summed E-state index contributed by atoms with van der Waals surface area (Å²) in [5, 5.41) is 0.867. The lowest BCUT2D eigenvalue weighted by Crippen LogP contribution is -2.00. The Morgan fingerprint density at radius 3 is 2.88 bits per heavy atom. The lowest BCUT2D eigenvalue weighted by molar-refractivity contribution is 0.951. The van der Waals surface area contributed by atoms with Crippen molar-refractivity contribution in [3.05, 3.63) is 17.7 Å².